The standard InChI is InChI=1S/C13H13FN4/c1-18(11-4-2-10(14)3-5-11)12-8-9(13(15)16)6-7-17-12/h2-8H,1H3,(H3,15,16). The number of hydrogen-bond acceptors (Lipinski definition) is 3. The molecule has 4 nitrogen and oxygen atoms in total. The zero-order valence-corrected chi connectivity index (χ0v) is 9.89. The molecule has 3 N–H and O–H groups in total. The van der Waals surface area contributed by atoms with E-state index in [0.717, 1.165) is 5.69 Å². The van der Waals surface area contributed by atoms with Gasteiger partial charge in [-0.25, -0.2) is 9.37 Å². The number of halogens is 1. The number of benzene rings is 1. The van der Waals surface area contributed by atoms with Gasteiger partial charge in [-0.3, -0.25) is 5.41 Å². The van der Waals surface area contributed by atoms with Crippen molar-refractivity contribution in [2.24, 2.45) is 5.73 Å². The molecule has 92 valence electrons. The lowest BCUT2D eigenvalue weighted by molar-refractivity contribution is 0.628. The number of nitrogens with two attached hydrogens (primary N) is 1. The van der Waals surface area contributed by atoms with Crippen LogP contribution in [0.3, 0.4) is 0 Å². The fourth-order valence-electron chi connectivity index (χ4n) is 1.57. The Morgan fingerprint density at radius 3 is 2.56 bits per heavy atom. The molecule has 0 aliphatic heterocycles. The first-order valence-corrected chi connectivity index (χ1v) is 5.37. The molecule has 2 aromatic rings. The van der Waals surface area contributed by atoms with E-state index in [1.807, 2.05) is 7.05 Å². The molecule has 1 aromatic heterocycles. The summed E-state index contributed by atoms with van der Waals surface area (Å²) in [4.78, 5) is 6.00. The van der Waals surface area contributed by atoms with Crippen LogP contribution in [0.4, 0.5) is 15.9 Å². The Hall–Kier alpha value is -2.43. The second kappa shape index (κ2) is 4.83. The van der Waals surface area contributed by atoms with Gasteiger partial charge >= 0.3 is 0 Å². The number of aromatic nitrogens is 1. The lowest BCUT2D eigenvalue weighted by Crippen LogP contribution is -2.15. The normalized spacial score (nSPS) is 10.1. The van der Waals surface area contributed by atoms with Crippen LogP contribution in [0.5, 0.6) is 0 Å². The highest BCUT2D eigenvalue weighted by Crippen LogP contribution is 2.22. The fraction of sp³-hybridized carbons (Fsp3) is 0.0769. The maximum atomic E-state index is 12.8. The van der Waals surface area contributed by atoms with Crippen molar-refractivity contribution < 1.29 is 4.39 Å². The molecule has 0 aliphatic rings. The minimum Gasteiger partial charge on any atom is -0.384 e. The molecule has 0 unspecified atom stereocenters. The molecule has 5 heteroatoms. The zero-order valence-electron chi connectivity index (χ0n) is 9.89. The van der Waals surface area contributed by atoms with Crippen molar-refractivity contribution in [1.82, 2.24) is 4.98 Å². The average Bonchev–Trinajstić information content (AvgIpc) is 2.39. The zero-order chi connectivity index (χ0) is 13.1. The van der Waals surface area contributed by atoms with Crippen LogP contribution in [0, 0.1) is 11.2 Å². The number of hydrogen-bond donors (Lipinski definition) is 2. The van der Waals surface area contributed by atoms with Crippen molar-refractivity contribution in [3.63, 3.8) is 0 Å². The monoisotopic (exact) mass is 244 g/mol. The predicted octanol–water partition coefficient (Wildman–Crippen LogP) is 2.27. The van der Waals surface area contributed by atoms with Crippen LogP contribution >= 0.6 is 0 Å². The second-order valence-electron chi connectivity index (χ2n) is 3.85. The number of rotatable bonds is 3. The van der Waals surface area contributed by atoms with Crippen LogP contribution in [-0.4, -0.2) is 17.9 Å². The first kappa shape index (κ1) is 12.0. The van der Waals surface area contributed by atoms with E-state index < -0.39 is 0 Å². The summed E-state index contributed by atoms with van der Waals surface area (Å²) in [7, 11) is 1.82. The van der Waals surface area contributed by atoms with E-state index in [-0.39, 0.29) is 11.7 Å². The maximum Gasteiger partial charge on any atom is 0.133 e. The third-order valence-corrected chi connectivity index (χ3v) is 2.61. The molecule has 0 saturated carbocycles. The first-order valence-electron chi connectivity index (χ1n) is 5.37. The number of nitrogens with one attached hydrogen (secondary N) is 1. The van der Waals surface area contributed by atoms with Crippen LogP contribution in [0.15, 0.2) is 42.6 Å². The number of pyridine rings is 1. The van der Waals surface area contributed by atoms with Crippen molar-refractivity contribution in [2.75, 3.05) is 11.9 Å². The van der Waals surface area contributed by atoms with Gasteiger partial charge in [0.1, 0.15) is 17.5 Å². The van der Waals surface area contributed by atoms with Crippen LogP contribution in [0.25, 0.3) is 0 Å². The quantitative estimate of drug-likeness (QED) is 0.643. The number of anilines is 2. The highest BCUT2D eigenvalue weighted by molar-refractivity contribution is 5.95. The van der Waals surface area contributed by atoms with E-state index in [0.29, 0.717) is 11.4 Å². The predicted molar refractivity (Wildman–Crippen MR) is 69.7 cm³/mol. The van der Waals surface area contributed by atoms with Gasteiger partial charge in [-0.1, -0.05) is 0 Å². The highest BCUT2D eigenvalue weighted by atomic mass is 19.1. The summed E-state index contributed by atoms with van der Waals surface area (Å²) in [6, 6.07) is 9.49. The molecule has 0 amide bonds. The summed E-state index contributed by atoms with van der Waals surface area (Å²) in [6.45, 7) is 0. The van der Waals surface area contributed by atoms with E-state index in [1.54, 1.807) is 35.4 Å². The number of nitrogen functional groups attached to an aromatic ring is 1. The van der Waals surface area contributed by atoms with Crippen LogP contribution in [0.2, 0.25) is 0 Å². The molecule has 0 bridgehead atoms. The molecule has 0 radical (unpaired) electrons. The summed E-state index contributed by atoms with van der Waals surface area (Å²) in [5, 5.41) is 7.39. The summed E-state index contributed by atoms with van der Waals surface area (Å²) >= 11 is 0. The lowest BCUT2D eigenvalue weighted by Gasteiger charge is -2.18. The van der Waals surface area contributed by atoms with Crippen molar-refractivity contribution >= 4 is 17.3 Å². The van der Waals surface area contributed by atoms with Gasteiger partial charge in [0, 0.05) is 24.5 Å². The Bertz CT molecular complexity index is 565. The molecule has 1 heterocycles. The Kier molecular flexibility index (Phi) is 3.23. The van der Waals surface area contributed by atoms with Crippen molar-refractivity contribution in [1.29, 1.82) is 5.41 Å². The Morgan fingerprint density at radius 2 is 1.94 bits per heavy atom. The first-order chi connectivity index (χ1) is 8.58. The van der Waals surface area contributed by atoms with Gasteiger partial charge in [0.05, 0.1) is 0 Å². The molecule has 2 rings (SSSR count). The van der Waals surface area contributed by atoms with Crippen molar-refractivity contribution in [2.45, 2.75) is 0 Å². The summed E-state index contributed by atoms with van der Waals surface area (Å²) < 4.78 is 12.8. The van der Waals surface area contributed by atoms with Crippen molar-refractivity contribution in [3.8, 4) is 0 Å². The molecule has 18 heavy (non-hydrogen) atoms. The minimum absolute atomic E-state index is 0.00819. The largest absolute Gasteiger partial charge is 0.384 e. The molecular formula is C13H13FN4. The molecular weight excluding hydrogens is 231 g/mol. The van der Waals surface area contributed by atoms with Crippen LogP contribution in [-0.2, 0) is 0 Å². The third-order valence-electron chi connectivity index (χ3n) is 2.61. The Balaban J connectivity index is 2.33. The summed E-state index contributed by atoms with van der Waals surface area (Å²) in [5.74, 6) is 0.359. The van der Waals surface area contributed by atoms with Crippen LogP contribution < -0.4 is 10.6 Å². The van der Waals surface area contributed by atoms with Gasteiger partial charge in [-0.15, -0.1) is 0 Å². The minimum atomic E-state index is -0.280. The molecule has 0 atom stereocenters. The Labute approximate surface area is 104 Å². The molecule has 0 spiro atoms. The average molecular weight is 244 g/mol. The third kappa shape index (κ3) is 2.45. The molecule has 0 aliphatic carbocycles. The van der Waals surface area contributed by atoms with E-state index in [1.165, 1.54) is 12.1 Å². The van der Waals surface area contributed by atoms with E-state index in [2.05, 4.69) is 4.98 Å². The van der Waals surface area contributed by atoms with E-state index in [4.69, 9.17) is 11.1 Å². The summed E-state index contributed by atoms with van der Waals surface area (Å²) in [5.41, 5.74) is 6.84. The van der Waals surface area contributed by atoms with Gasteiger partial charge in [-0.05, 0) is 36.4 Å². The van der Waals surface area contributed by atoms with Gasteiger partial charge in [0.2, 0.25) is 0 Å². The van der Waals surface area contributed by atoms with E-state index in [9.17, 15) is 4.39 Å². The molecule has 1 aromatic carbocycles. The van der Waals surface area contributed by atoms with E-state index >= 15 is 0 Å². The second-order valence-corrected chi connectivity index (χ2v) is 3.85. The number of nitrogens with zero attached hydrogens (tertiary/aromatic N) is 2. The van der Waals surface area contributed by atoms with Gasteiger partial charge in [-0.2, -0.15) is 0 Å². The van der Waals surface area contributed by atoms with Gasteiger partial charge in [0.25, 0.3) is 0 Å². The molecule has 0 saturated heterocycles. The van der Waals surface area contributed by atoms with Crippen LogP contribution in [0.1, 0.15) is 5.56 Å². The van der Waals surface area contributed by atoms with Gasteiger partial charge in [0.15, 0.2) is 0 Å². The maximum absolute atomic E-state index is 12.8. The Morgan fingerprint density at radius 1 is 1.28 bits per heavy atom. The molecule has 0 fully saturated rings. The topological polar surface area (TPSA) is 66.0 Å². The van der Waals surface area contributed by atoms with Gasteiger partial charge < -0.3 is 10.6 Å². The van der Waals surface area contributed by atoms with Crippen molar-refractivity contribution in [3.05, 3.63) is 54.0 Å². The highest BCUT2D eigenvalue weighted by Gasteiger charge is 2.07. The summed E-state index contributed by atoms with van der Waals surface area (Å²) in [6.07, 6.45) is 1.59. The SMILES string of the molecule is CN(c1ccc(F)cc1)c1cc(C(=N)N)ccn1. The lowest BCUT2D eigenvalue weighted by atomic mass is 10.2. The number of amidine groups is 1. The smallest absolute Gasteiger partial charge is 0.133 e. The fourth-order valence-corrected chi connectivity index (χ4v) is 1.57.